The van der Waals surface area contributed by atoms with Crippen LogP contribution in [-0.4, -0.2) is 22.1 Å². The summed E-state index contributed by atoms with van der Waals surface area (Å²) in [6.45, 7) is 0. The van der Waals surface area contributed by atoms with Crippen molar-refractivity contribution >= 4 is 46.1 Å². The molecule has 2 N–H and O–H groups in total. The van der Waals surface area contributed by atoms with Gasteiger partial charge < -0.3 is 10.3 Å². The number of nitrogens with zero attached hydrogens (tertiary/aromatic N) is 3. The first-order chi connectivity index (χ1) is 14.3. The third-order valence-electron chi connectivity index (χ3n) is 4.82. The molecule has 30 heavy (non-hydrogen) atoms. The van der Waals surface area contributed by atoms with Crippen molar-refractivity contribution in [2.45, 2.75) is 0 Å². The van der Waals surface area contributed by atoms with Crippen molar-refractivity contribution in [3.63, 3.8) is 0 Å². The summed E-state index contributed by atoms with van der Waals surface area (Å²) < 4.78 is 0. The molecule has 7 heteroatoms. The van der Waals surface area contributed by atoms with Crippen LogP contribution in [0.4, 0.5) is 0 Å². The Morgan fingerprint density at radius 3 is 1.90 bits per heavy atom. The van der Waals surface area contributed by atoms with E-state index < -0.39 is 0 Å². The molecule has 0 fully saturated rings. The molecule has 0 unspecified atom stereocenters. The van der Waals surface area contributed by atoms with E-state index in [1.807, 2.05) is 60.2 Å². The molecule has 1 aromatic heterocycles. The summed E-state index contributed by atoms with van der Waals surface area (Å²) in [4.78, 5) is 17.6. The first-order valence-corrected chi connectivity index (χ1v) is 10.2. The van der Waals surface area contributed by atoms with Gasteiger partial charge in [-0.25, -0.2) is 15.0 Å². The largest absolute Gasteiger partial charge is 0.355 e. The van der Waals surface area contributed by atoms with Gasteiger partial charge in [0.2, 0.25) is 0 Å². The molecule has 0 atom stereocenters. The summed E-state index contributed by atoms with van der Waals surface area (Å²) in [5.41, 5.74) is 6.38. The van der Waals surface area contributed by atoms with Gasteiger partial charge in [-0.2, -0.15) is 0 Å². The summed E-state index contributed by atoms with van der Waals surface area (Å²) in [6.07, 6.45) is 22.1. The number of aliphatic imine (C=N–C) groups is 3. The monoisotopic (exact) mass is 457 g/mol. The van der Waals surface area contributed by atoms with E-state index in [2.05, 4.69) is 33.5 Å². The molecule has 0 aromatic carbocycles. The van der Waals surface area contributed by atoms with Gasteiger partial charge >= 0.3 is 0 Å². The third-order valence-corrected chi connectivity index (χ3v) is 5.66. The van der Waals surface area contributed by atoms with E-state index in [-0.39, 0.29) is 19.5 Å². The summed E-state index contributed by atoms with van der Waals surface area (Å²) in [6, 6.07) is 2.14. The molecule has 0 saturated carbocycles. The number of hydrogen-bond donors (Lipinski definition) is 2. The van der Waals surface area contributed by atoms with E-state index in [1.165, 1.54) is 0 Å². The second-order valence-electron chi connectivity index (χ2n) is 6.91. The Morgan fingerprint density at radius 1 is 0.700 bits per heavy atom. The molecule has 6 rings (SSSR count). The van der Waals surface area contributed by atoms with Crippen LogP contribution < -0.4 is 15.9 Å². The zero-order valence-corrected chi connectivity index (χ0v) is 19.7. The zero-order valence-electron chi connectivity index (χ0n) is 16.0. The van der Waals surface area contributed by atoms with Crippen LogP contribution in [0.2, 0.25) is 0 Å². The fraction of sp³-hybridized carbons (Fsp3) is 0. The van der Waals surface area contributed by atoms with Gasteiger partial charge in [0.1, 0.15) is 0 Å². The van der Waals surface area contributed by atoms with Crippen molar-refractivity contribution < 1.29 is 19.5 Å². The number of aromatic nitrogens is 1. The standard InChI is InChI=1S/C23H15N5S.Zn/c1-2-15-10-17-5-6-19(27-17)13-22-21(23-24-7-8-29-23)12-20(28-22)11-18-4-3-16(26-18)9-14(1)25-15;/h1-13,24,28H;. The van der Waals surface area contributed by atoms with Crippen LogP contribution in [-0.2, 0) is 19.5 Å². The third kappa shape index (κ3) is 3.62. The number of thioether (sulfide) groups is 1. The van der Waals surface area contributed by atoms with Crippen molar-refractivity contribution in [1.82, 2.24) is 10.3 Å². The van der Waals surface area contributed by atoms with Gasteiger partial charge in [0.15, 0.2) is 0 Å². The number of nitrogens with one attached hydrogen (secondary N) is 2. The van der Waals surface area contributed by atoms with Crippen molar-refractivity contribution in [2.75, 3.05) is 0 Å². The Hall–Kier alpha value is -3.02. The van der Waals surface area contributed by atoms with Crippen molar-refractivity contribution in [3.05, 3.63) is 99.6 Å². The molecule has 0 aliphatic carbocycles. The van der Waals surface area contributed by atoms with Crippen LogP contribution in [0.1, 0.15) is 5.69 Å². The van der Waals surface area contributed by atoms with Crippen LogP contribution in [0, 0.1) is 0 Å². The van der Waals surface area contributed by atoms with Crippen molar-refractivity contribution in [2.24, 2.45) is 15.0 Å². The van der Waals surface area contributed by atoms with Crippen LogP contribution in [0.25, 0.3) is 17.2 Å². The molecule has 140 valence electrons. The smallest absolute Gasteiger partial charge is 0.0859 e. The van der Waals surface area contributed by atoms with Gasteiger partial charge in [0.05, 0.1) is 44.6 Å². The van der Waals surface area contributed by atoms with E-state index in [0.717, 1.165) is 55.5 Å². The summed E-state index contributed by atoms with van der Waals surface area (Å²) >= 11 is 1.68. The molecule has 0 radical (unpaired) electrons. The van der Waals surface area contributed by atoms with Gasteiger partial charge in [0.25, 0.3) is 0 Å². The molecule has 0 amide bonds. The number of H-pyrrole nitrogens is 1. The fourth-order valence-corrected chi connectivity index (χ4v) is 4.24. The van der Waals surface area contributed by atoms with Gasteiger partial charge in [-0.3, -0.25) is 0 Å². The first-order valence-electron chi connectivity index (χ1n) is 9.27. The van der Waals surface area contributed by atoms with E-state index in [0.29, 0.717) is 0 Å². The first kappa shape index (κ1) is 19.0. The average Bonchev–Trinajstić information content (AvgIpc) is 3.50. The Kier molecular flexibility index (Phi) is 4.85. The predicted octanol–water partition coefficient (Wildman–Crippen LogP) is 2.82. The Morgan fingerprint density at radius 2 is 1.30 bits per heavy atom. The SMILES string of the molecule is C1=CSC(=c2cc3[nH]c2=CC2=NC(=CC4=NC(=CC5=NC(=C3)C=C5)C=C4)C=C2)N1.[Zn]. The molecule has 5 aliphatic rings. The summed E-state index contributed by atoms with van der Waals surface area (Å²) in [7, 11) is 0. The minimum atomic E-state index is 0. The molecule has 8 bridgehead atoms. The minimum absolute atomic E-state index is 0. The normalized spacial score (nSPS) is 21.9. The quantitative estimate of drug-likeness (QED) is 0.587. The van der Waals surface area contributed by atoms with E-state index >= 15 is 0 Å². The van der Waals surface area contributed by atoms with Gasteiger partial charge in [0, 0.05) is 36.6 Å². The number of fused-ring (bicyclic) bond motifs is 5. The molecule has 5 aliphatic heterocycles. The maximum atomic E-state index is 4.73. The molecule has 6 heterocycles. The summed E-state index contributed by atoms with van der Waals surface area (Å²) in [5, 5.41) is 8.58. The van der Waals surface area contributed by atoms with Crippen LogP contribution in [0.15, 0.2) is 98.4 Å². The van der Waals surface area contributed by atoms with E-state index in [4.69, 9.17) is 9.98 Å². The maximum Gasteiger partial charge on any atom is 0.0859 e. The van der Waals surface area contributed by atoms with Gasteiger partial charge in [-0.15, -0.1) is 0 Å². The predicted molar refractivity (Wildman–Crippen MR) is 122 cm³/mol. The summed E-state index contributed by atoms with van der Waals surface area (Å²) in [5.74, 6) is 0. The van der Waals surface area contributed by atoms with Crippen molar-refractivity contribution in [3.8, 4) is 0 Å². The molecule has 0 saturated heterocycles. The number of hydrogen-bond acceptors (Lipinski definition) is 5. The van der Waals surface area contributed by atoms with Gasteiger partial charge in [-0.05, 0) is 72.2 Å². The molecule has 5 nitrogen and oxygen atoms in total. The van der Waals surface area contributed by atoms with E-state index in [1.54, 1.807) is 11.8 Å². The fourth-order valence-electron chi connectivity index (χ4n) is 3.53. The van der Waals surface area contributed by atoms with Gasteiger partial charge in [-0.1, -0.05) is 11.8 Å². The average molecular weight is 459 g/mol. The Bertz CT molecular complexity index is 1380. The Balaban J connectivity index is 0.00000193. The van der Waals surface area contributed by atoms with Crippen LogP contribution in [0.5, 0.6) is 0 Å². The number of rotatable bonds is 0. The van der Waals surface area contributed by atoms with Crippen molar-refractivity contribution in [1.29, 1.82) is 0 Å². The molecule has 0 spiro atoms. The topological polar surface area (TPSA) is 64.9 Å². The minimum Gasteiger partial charge on any atom is -0.355 e. The number of aromatic amines is 1. The van der Waals surface area contributed by atoms with Crippen LogP contribution in [0.3, 0.4) is 0 Å². The second kappa shape index (κ2) is 7.67. The maximum absolute atomic E-state index is 4.73. The Labute approximate surface area is 190 Å². The zero-order chi connectivity index (χ0) is 19.2. The molecule has 1 aromatic rings. The van der Waals surface area contributed by atoms with E-state index in [9.17, 15) is 0 Å². The second-order valence-corrected chi connectivity index (χ2v) is 7.82. The van der Waals surface area contributed by atoms with Crippen LogP contribution >= 0.6 is 11.8 Å². The molecular weight excluding hydrogens is 444 g/mol. The molecular formula is C23H15N5SZn. The number of allylic oxidation sites excluding steroid dienone is 8.